The van der Waals surface area contributed by atoms with Gasteiger partial charge >= 0.3 is 0 Å². The van der Waals surface area contributed by atoms with Crippen LogP contribution < -0.4 is 5.73 Å². The van der Waals surface area contributed by atoms with E-state index in [0.29, 0.717) is 18.8 Å². The molecule has 68 valence electrons. The van der Waals surface area contributed by atoms with Gasteiger partial charge in [0.05, 0.1) is 12.6 Å². The molecule has 0 aromatic carbocycles. The molecule has 0 spiro atoms. The maximum atomic E-state index is 10.4. The van der Waals surface area contributed by atoms with E-state index in [-0.39, 0.29) is 0 Å². The highest BCUT2D eigenvalue weighted by Crippen LogP contribution is 2.24. The lowest BCUT2D eigenvalue weighted by molar-refractivity contribution is -0.117. The van der Waals surface area contributed by atoms with Crippen molar-refractivity contribution in [3.63, 3.8) is 0 Å². The molecule has 1 amide bonds. The Morgan fingerprint density at radius 3 is 2.92 bits per heavy atom. The highest BCUT2D eigenvalue weighted by molar-refractivity contribution is 5.48. The summed E-state index contributed by atoms with van der Waals surface area (Å²) >= 11 is 0. The molecular formula is C8H14N2O2. The standard InChI is InChI=1S/C8H14N2O2/c1-7(12-2)8(9)3-4-10(5-8)6-11/h6H,1,3-5,9H2,2H3. The van der Waals surface area contributed by atoms with Gasteiger partial charge in [0.25, 0.3) is 0 Å². The number of methoxy groups -OCH3 is 1. The molecule has 0 aromatic rings. The molecule has 1 saturated heterocycles. The van der Waals surface area contributed by atoms with Gasteiger partial charge in [-0.25, -0.2) is 0 Å². The topological polar surface area (TPSA) is 55.6 Å². The lowest BCUT2D eigenvalue weighted by Crippen LogP contribution is -2.44. The third-order valence-corrected chi connectivity index (χ3v) is 2.28. The number of carbonyl (C=O) groups is 1. The zero-order chi connectivity index (χ0) is 9.19. The molecule has 1 heterocycles. The Kier molecular flexibility index (Phi) is 2.38. The smallest absolute Gasteiger partial charge is 0.209 e. The van der Waals surface area contributed by atoms with Gasteiger partial charge < -0.3 is 15.4 Å². The van der Waals surface area contributed by atoms with Crippen LogP contribution in [0.4, 0.5) is 0 Å². The summed E-state index contributed by atoms with van der Waals surface area (Å²) in [5.41, 5.74) is 5.41. The van der Waals surface area contributed by atoms with Crippen molar-refractivity contribution < 1.29 is 9.53 Å². The van der Waals surface area contributed by atoms with Crippen molar-refractivity contribution in [2.45, 2.75) is 12.0 Å². The summed E-state index contributed by atoms with van der Waals surface area (Å²) < 4.78 is 4.97. The Labute approximate surface area is 72.0 Å². The summed E-state index contributed by atoms with van der Waals surface area (Å²) in [6.45, 7) is 4.89. The molecule has 4 nitrogen and oxygen atoms in total. The molecule has 2 N–H and O–H groups in total. The van der Waals surface area contributed by atoms with Gasteiger partial charge in [-0.1, -0.05) is 6.58 Å². The van der Waals surface area contributed by atoms with Crippen molar-refractivity contribution in [1.82, 2.24) is 4.90 Å². The predicted molar refractivity (Wildman–Crippen MR) is 45.3 cm³/mol. The number of hydrogen-bond donors (Lipinski definition) is 1. The third kappa shape index (κ3) is 1.43. The first-order valence-electron chi connectivity index (χ1n) is 3.84. The molecule has 0 saturated carbocycles. The minimum Gasteiger partial charge on any atom is -0.500 e. The summed E-state index contributed by atoms with van der Waals surface area (Å²) in [6, 6.07) is 0. The summed E-state index contributed by atoms with van der Waals surface area (Å²) in [4.78, 5) is 12.0. The van der Waals surface area contributed by atoms with Crippen LogP contribution in [0.2, 0.25) is 0 Å². The van der Waals surface area contributed by atoms with Crippen LogP contribution in [-0.2, 0) is 9.53 Å². The van der Waals surface area contributed by atoms with E-state index in [0.717, 1.165) is 12.8 Å². The van der Waals surface area contributed by atoms with Crippen LogP contribution in [0.1, 0.15) is 6.42 Å². The number of rotatable bonds is 3. The zero-order valence-electron chi connectivity index (χ0n) is 7.25. The molecule has 1 aliphatic heterocycles. The van der Waals surface area contributed by atoms with Crippen LogP contribution in [0.15, 0.2) is 12.3 Å². The second kappa shape index (κ2) is 3.15. The molecule has 4 heteroatoms. The van der Waals surface area contributed by atoms with Crippen molar-refractivity contribution >= 4 is 6.41 Å². The Balaban J connectivity index is 2.63. The number of carbonyl (C=O) groups excluding carboxylic acids is 1. The zero-order valence-corrected chi connectivity index (χ0v) is 7.25. The molecule has 0 radical (unpaired) electrons. The van der Waals surface area contributed by atoms with Gasteiger partial charge in [-0.05, 0) is 6.42 Å². The van der Waals surface area contributed by atoms with Crippen LogP contribution in [0.3, 0.4) is 0 Å². The second-order valence-corrected chi connectivity index (χ2v) is 3.11. The van der Waals surface area contributed by atoms with Crippen molar-refractivity contribution in [3.8, 4) is 0 Å². The van der Waals surface area contributed by atoms with E-state index in [4.69, 9.17) is 10.5 Å². The highest BCUT2D eigenvalue weighted by Gasteiger charge is 2.37. The van der Waals surface area contributed by atoms with Crippen LogP contribution in [-0.4, -0.2) is 37.0 Å². The van der Waals surface area contributed by atoms with Gasteiger partial charge in [-0.3, -0.25) is 4.79 Å². The first-order chi connectivity index (χ1) is 5.62. The Hall–Kier alpha value is -1.03. The van der Waals surface area contributed by atoms with Crippen molar-refractivity contribution in [2.24, 2.45) is 5.73 Å². The molecule has 1 unspecified atom stereocenters. The number of amides is 1. The SMILES string of the molecule is C=C(OC)C1(N)CCN(C=O)C1. The van der Waals surface area contributed by atoms with E-state index in [2.05, 4.69) is 6.58 Å². The van der Waals surface area contributed by atoms with Gasteiger partial charge in [0.1, 0.15) is 5.76 Å². The second-order valence-electron chi connectivity index (χ2n) is 3.11. The van der Waals surface area contributed by atoms with Gasteiger partial charge in [0.15, 0.2) is 0 Å². The summed E-state index contributed by atoms with van der Waals surface area (Å²) in [5, 5.41) is 0. The normalized spacial score (nSPS) is 28.7. The molecule has 1 fully saturated rings. The molecule has 1 atom stereocenters. The van der Waals surface area contributed by atoms with Gasteiger partial charge in [-0.15, -0.1) is 0 Å². The molecule has 12 heavy (non-hydrogen) atoms. The van der Waals surface area contributed by atoms with Crippen molar-refractivity contribution in [3.05, 3.63) is 12.3 Å². The van der Waals surface area contributed by atoms with Crippen LogP contribution in [0.5, 0.6) is 0 Å². The van der Waals surface area contributed by atoms with E-state index in [9.17, 15) is 4.79 Å². The minimum absolute atomic E-state index is 0.503. The Morgan fingerprint density at radius 2 is 2.50 bits per heavy atom. The number of nitrogens with two attached hydrogens (primary N) is 1. The Morgan fingerprint density at radius 1 is 1.83 bits per heavy atom. The van der Waals surface area contributed by atoms with E-state index in [1.165, 1.54) is 0 Å². The van der Waals surface area contributed by atoms with E-state index in [1.807, 2.05) is 0 Å². The fraction of sp³-hybridized carbons (Fsp3) is 0.625. The van der Waals surface area contributed by atoms with E-state index >= 15 is 0 Å². The summed E-state index contributed by atoms with van der Waals surface area (Å²) in [5.74, 6) is 0.548. The average molecular weight is 170 g/mol. The molecule has 1 rings (SSSR count). The van der Waals surface area contributed by atoms with E-state index < -0.39 is 5.54 Å². The summed E-state index contributed by atoms with van der Waals surface area (Å²) in [6.07, 6.45) is 1.52. The molecule has 0 bridgehead atoms. The molecular weight excluding hydrogens is 156 g/mol. The lowest BCUT2D eigenvalue weighted by atomic mass is 9.98. The predicted octanol–water partition coefficient (Wildman–Crippen LogP) is -0.294. The number of ether oxygens (including phenoxy) is 1. The van der Waals surface area contributed by atoms with Crippen LogP contribution >= 0.6 is 0 Å². The number of likely N-dealkylation sites (tertiary alicyclic amines) is 1. The van der Waals surface area contributed by atoms with Crippen molar-refractivity contribution in [1.29, 1.82) is 0 Å². The van der Waals surface area contributed by atoms with Crippen LogP contribution in [0.25, 0.3) is 0 Å². The fourth-order valence-corrected chi connectivity index (χ4v) is 1.38. The monoisotopic (exact) mass is 170 g/mol. The number of nitrogens with zero attached hydrogens (tertiary/aromatic N) is 1. The highest BCUT2D eigenvalue weighted by atomic mass is 16.5. The van der Waals surface area contributed by atoms with Gasteiger partial charge in [0, 0.05) is 13.1 Å². The fourth-order valence-electron chi connectivity index (χ4n) is 1.38. The molecule has 0 aliphatic carbocycles. The van der Waals surface area contributed by atoms with Crippen molar-refractivity contribution in [2.75, 3.05) is 20.2 Å². The maximum absolute atomic E-state index is 10.4. The minimum atomic E-state index is -0.546. The maximum Gasteiger partial charge on any atom is 0.209 e. The Bertz CT molecular complexity index is 205. The molecule has 1 aliphatic rings. The number of hydrogen-bond acceptors (Lipinski definition) is 3. The first-order valence-corrected chi connectivity index (χ1v) is 3.84. The van der Waals surface area contributed by atoms with Gasteiger partial charge in [-0.2, -0.15) is 0 Å². The summed E-state index contributed by atoms with van der Waals surface area (Å²) in [7, 11) is 1.54. The third-order valence-electron chi connectivity index (χ3n) is 2.28. The van der Waals surface area contributed by atoms with Crippen LogP contribution in [0, 0.1) is 0 Å². The first kappa shape index (κ1) is 9.06. The quantitative estimate of drug-likeness (QED) is 0.467. The van der Waals surface area contributed by atoms with E-state index in [1.54, 1.807) is 12.0 Å². The van der Waals surface area contributed by atoms with Gasteiger partial charge in [0.2, 0.25) is 6.41 Å². The largest absolute Gasteiger partial charge is 0.500 e. The molecule has 0 aromatic heterocycles. The lowest BCUT2D eigenvalue weighted by Gasteiger charge is -2.24. The average Bonchev–Trinajstić information content (AvgIpc) is 2.47.